The third kappa shape index (κ3) is 2.67. The van der Waals surface area contributed by atoms with Crippen molar-refractivity contribution in [1.82, 2.24) is 10.3 Å². The highest BCUT2D eigenvalue weighted by Crippen LogP contribution is 2.31. The molecule has 0 bridgehead atoms. The molecule has 1 aromatic rings. The summed E-state index contributed by atoms with van der Waals surface area (Å²) in [6.07, 6.45) is 5.49. The Labute approximate surface area is 121 Å². The first-order valence-corrected chi connectivity index (χ1v) is 7.79. The zero-order valence-electron chi connectivity index (χ0n) is 12.6. The number of fused-ring (bicyclic) bond motifs is 1. The summed E-state index contributed by atoms with van der Waals surface area (Å²) in [6.45, 7) is 4.79. The predicted octanol–water partition coefficient (Wildman–Crippen LogP) is 2.26. The molecule has 4 nitrogen and oxygen atoms in total. The fourth-order valence-corrected chi connectivity index (χ4v) is 3.49. The number of nitrogens with zero attached hydrogens (tertiary/aromatic N) is 2. The first-order valence-electron chi connectivity index (χ1n) is 7.79. The second kappa shape index (κ2) is 6.10. The number of anilines is 1. The summed E-state index contributed by atoms with van der Waals surface area (Å²) >= 11 is 0. The number of nitrogens with one attached hydrogen (secondary N) is 1. The van der Waals surface area contributed by atoms with Gasteiger partial charge in [0, 0.05) is 18.8 Å². The average molecular weight is 275 g/mol. The first kappa shape index (κ1) is 13.8. The van der Waals surface area contributed by atoms with Crippen molar-refractivity contribution >= 4 is 5.82 Å². The lowest BCUT2D eigenvalue weighted by molar-refractivity contribution is -0.00899. The fraction of sp³-hybridized carbons (Fsp3) is 0.688. The SMILES string of the molecule is CNCc1ccc(N2CCOC3CCCCC32)nc1C. The van der Waals surface area contributed by atoms with Crippen molar-refractivity contribution in [2.75, 3.05) is 25.1 Å². The molecule has 2 unspecified atom stereocenters. The monoisotopic (exact) mass is 275 g/mol. The molecule has 0 spiro atoms. The van der Waals surface area contributed by atoms with Gasteiger partial charge in [-0.2, -0.15) is 0 Å². The number of aryl methyl sites for hydroxylation is 1. The molecule has 1 aromatic heterocycles. The second-order valence-electron chi connectivity index (χ2n) is 5.90. The van der Waals surface area contributed by atoms with Crippen molar-refractivity contribution in [3.63, 3.8) is 0 Å². The molecule has 1 N–H and O–H groups in total. The molecule has 1 saturated heterocycles. The van der Waals surface area contributed by atoms with Crippen LogP contribution < -0.4 is 10.2 Å². The lowest BCUT2D eigenvalue weighted by Gasteiger charge is -2.44. The molecular weight excluding hydrogens is 250 g/mol. The third-order valence-corrected chi connectivity index (χ3v) is 4.57. The van der Waals surface area contributed by atoms with E-state index in [2.05, 4.69) is 29.3 Å². The Morgan fingerprint density at radius 2 is 2.20 bits per heavy atom. The van der Waals surface area contributed by atoms with Crippen LogP contribution in [0.15, 0.2) is 12.1 Å². The number of hydrogen-bond acceptors (Lipinski definition) is 4. The Morgan fingerprint density at radius 1 is 1.35 bits per heavy atom. The van der Waals surface area contributed by atoms with Crippen LogP contribution in [-0.4, -0.2) is 37.3 Å². The van der Waals surface area contributed by atoms with E-state index in [4.69, 9.17) is 9.72 Å². The van der Waals surface area contributed by atoms with E-state index in [-0.39, 0.29) is 0 Å². The smallest absolute Gasteiger partial charge is 0.129 e. The maximum Gasteiger partial charge on any atom is 0.129 e. The topological polar surface area (TPSA) is 37.4 Å². The molecular formula is C16H25N3O. The Balaban J connectivity index is 1.82. The van der Waals surface area contributed by atoms with Crippen LogP contribution in [0, 0.1) is 6.92 Å². The van der Waals surface area contributed by atoms with E-state index in [0.717, 1.165) is 31.2 Å². The summed E-state index contributed by atoms with van der Waals surface area (Å²) in [5.41, 5.74) is 2.42. The van der Waals surface area contributed by atoms with Gasteiger partial charge in [-0.3, -0.25) is 0 Å². The number of ether oxygens (including phenoxy) is 1. The molecule has 2 atom stereocenters. The van der Waals surface area contributed by atoms with Gasteiger partial charge in [0.2, 0.25) is 0 Å². The highest BCUT2D eigenvalue weighted by atomic mass is 16.5. The van der Waals surface area contributed by atoms with Gasteiger partial charge < -0.3 is 15.0 Å². The Morgan fingerprint density at radius 3 is 3.00 bits per heavy atom. The predicted molar refractivity (Wildman–Crippen MR) is 81.1 cm³/mol. The molecule has 1 aliphatic carbocycles. The van der Waals surface area contributed by atoms with Gasteiger partial charge in [-0.05, 0) is 38.4 Å². The zero-order chi connectivity index (χ0) is 13.9. The number of aromatic nitrogens is 1. The van der Waals surface area contributed by atoms with E-state index in [0.29, 0.717) is 12.1 Å². The molecule has 0 amide bonds. The van der Waals surface area contributed by atoms with Gasteiger partial charge in [-0.25, -0.2) is 4.98 Å². The third-order valence-electron chi connectivity index (χ3n) is 4.57. The molecule has 2 fully saturated rings. The van der Waals surface area contributed by atoms with Crippen molar-refractivity contribution in [1.29, 1.82) is 0 Å². The summed E-state index contributed by atoms with van der Waals surface area (Å²) in [4.78, 5) is 7.31. The Kier molecular flexibility index (Phi) is 4.22. The van der Waals surface area contributed by atoms with Gasteiger partial charge in [-0.15, -0.1) is 0 Å². The van der Waals surface area contributed by atoms with Crippen LogP contribution in [0.4, 0.5) is 5.82 Å². The van der Waals surface area contributed by atoms with E-state index in [9.17, 15) is 0 Å². The molecule has 1 aliphatic heterocycles. The van der Waals surface area contributed by atoms with Crippen LogP contribution >= 0.6 is 0 Å². The number of hydrogen-bond donors (Lipinski definition) is 1. The van der Waals surface area contributed by atoms with Crippen LogP contribution in [0.25, 0.3) is 0 Å². The van der Waals surface area contributed by atoms with Crippen LogP contribution in [0.1, 0.15) is 36.9 Å². The Hall–Kier alpha value is -1.13. The molecule has 1 saturated carbocycles. The van der Waals surface area contributed by atoms with E-state index < -0.39 is 0 Å². The molecule has 2 aliphatic rings. The minimum absolute atomic E-state index is 0.414. The van der Waals surface area contributed by atoms with Crippen LogP contribution in [0.2, 0.25) is 0 Å². The van der Waals surface area contributed by atoms with Crippen LogP contribution in [0.3, 0.4) is 0 Å². The highest BCUT2D eigenvalue weighted by molar-refractivity contribution is 5.44. The number of morpholine rings is 1. The van der Waals surface area contributed by atoms with E-state index in [1.165, 1.54) is 31.2 Å². The maximum atomic E-state index is 5.95. The van der Waals surface area contributed by atoms with Gasteiger partial charge in [-0.1, -0.05) is 18.9 Å². The maximum absolute atomic E-state index is 5.95. The van der Waals surface area contributed by atoms with Gasteiger partial charge in [0.1, 0.15) is 5.82 Å². The summed E-state index contributed by atoms with van der Waals surface area (Å²) in [7, 11) is 1.97. The summed E-state index contributed by atoms with van der Waals surface area (Å²) in [6, 6.07) is 4.91. The van der Waals surface area contributed by atoms with Crippen molar-refractivity contribution < 1.29 is 4.74 Å². The van der Waals surface area contributed by atoms with E-state index in [1.54, 1.807) is 0 Å². The standard InChI is InChI=1S/C16H25N3O/c1-12-13(11-17-2)7-8-16(18-12)19-9-10-20-15-6-4-3-5-14(15)19/h7-8,14-15,17H,3-6,9-11H2,1-2H3. The molecule has 3 rings (SSSR count). The quantitative estimate of drug-likeness (QED) is 0.918. The summed E-state index contributed by atoms with van der Waals surface area (Å²) < 4.78 is 5.95. The van der Waals surface area contributed by atoms with Crippen molar-refractivity contribution in [3.8, 4) is 0 Å². The van der Waals surface area contributed by atoms with Crippen molar-refractivity contribution in [3.05, 3.63) is 23.4 Å². The van der Waals surface area contributed by atoms with Crippen LogP contribution in [-0.2, 0) is 11.3 Å². The van der Waals surface area contributed by atoms with Gasteiger partial charge in [0.05, 0.1) is 18.8 Å². The molecule has 110 valence electrons. The normalized spacial score (nSPS) is 26.4. The molecule has 0 aromatic carbocycles. The Bertz CT molecular complexity index is 461. The molecule has 20 heavy (non-hydrogen) atoms. The molecule has 2 heterocycles. The minimum atomic E-state index is 0.414. The molecule has 4 heteroatoms. The van der Waals surface area contributed by atoms with E-state index in [1.807, 2.05) is 7.05 Å². The van der Waals surface area contributed by atoms with E-state index >= 15 is 0 Å². The highest BCUT2D eigenvalue weighted by Gasteiger charge is 2.34. The zero-order valence-corrected chi connectivity index (χ0v) is 12.6. The lowest BCUT2D eigenvalue weighted by Crippen LogP contribution is -2.53. The van der Waals surface area contributed by atoms with Crippen molar-refractivity contribution in [2.45, 2.75) is 51.3 Å². The first-order chi connectivity index (χ1) is 9.79. The van der Waals surface area contributed by atoms with Gasteiger partial charge in [0.25, 0.3) is 0 Å². The van der Waals surface area contributed by atoms with Crippen LogP contribution in [0.5, 0.6) is 0 Å². The fourth-order valence-electron chi connectivity index (χ4n) is 3.49. The average Bonchev–Trinajstić information content (AvgIpc) is 2.49. The van der Waals surface area contributed by atoms with Crippen molar-refractivity contribution in [2.24, 2.45) is 0 Å². The van der Waals surface area contributed by atoms with Gasteiger partial charge >= 0.3 is 0 Å². The minimum Gasteiger partial charge on any atom is -0.374 e. The number of pyridine rings is 1. The lowest BCUT2D eigenvalue weighted by atomic mass is 9.90. The largest absolute Gasteiger partial charge is 0.374 e. The summed E-state index contributed by atoms with van der Waals surface area (Å²) in [5, 5.41) is 3.20. The summed E-state index contributed by atoms with van der Waals surface area (Å²) in [5.74, 6) is 1.13. The second-order valence-corrected chi connectivity index (χ2v) is 5.90. The number of rotatable bonds is 3. The van der Waals surface area contributed by atoms with Gasteiger partial charge in [0.15, 0.2) is 0 Å². The molecule has 0 radical (unpaired) electrons.